The number of unbranched alkanes of at least 4 members (excludes halogenated alkanes) is 6. The lowest BCUT2D eigenvalue weighted by molar-refractivity contribution is 0.415. The van der Waals surface area contributed by atoms with E-state index in [1.807, 2.05) is 0 Å². The van der Waals surface area contributed by atoms with Crippen LogP contribution in [0.15, 0.2) is 78.9 Å². The van der Waals surface area contributed by atoms with Crippen molar-refractivity contribution in [3.63, 3.8) is 0 Å². The molecule has 0 N–H and O–H groups in total. The molecular weight excluding hydrogens is 378 g/mol. The van der Waals surface area contributed by atoms with Crippen LogP contribution in [0.3, 0.4) is 0 Å². The van der Waals surface area contributed by atoms with Gasteiger partial charge in [0, 0.05) is 18.8 Å². The second-order valence-corrected chi connectivity index (χ2v) is 8.30. The molecule has 0 bridgehead atoms. The summed E-state index contributed by atoms with van der Waals surface area (Å²) >= 11 is 0. The summed E-state index contributed by atoms with van der Waals surface area (Å²) in [5, 5.41) is 0. The topological polar surface area (TPSA) is 12.5 Å². The van der Waals surface area contributed by atoms with Crippen molar-refractivity contribution in [3.05, 3.63) is 84.4 Å². The second-order valence-electron chi connectivity index (χ2n) is 8.30. The van der Waals surface area contributed by atoms with E-state index in [1.54, 1.807) is 7.11 Å². The molecule has 0 atom stereocenters. The van der Waals surface area contributed by atoms with Crippen LogP contribution in [0.1, 0.15) is 57.4 Å². The Morgan fingerprint density at radius 2 is 1.26 bits per heavy atom. The van der Waals surface area contributed by atoms with Gasteiger partial charge in [0.2, 0.25) is 0 Å². The van der Waals surface area contributed by atoms with Gasteiger partial charge in [-0.05, 0) is 47.4 Å². The van der Waals surface area contributed by atoms with Crippen LogP contribution < -0.4 is 9.64 Å². The van der Waals surface area contributed by atoms with E-state index in [9.17, 15) is 0 Å². The fourth-order valence-corrected chi connectivity index (χ4v) is 4.01. The van der Waals surface area contributed by atoms with Crippen LogP contribution >= 0.6 is 0 Å². The zero-order valence-corrected chi connectivity index (χ0v) is 19.2. The van der Waals surface area contributed by atoms with E-state index in [0.29, 0.717) is 0 Å². The summed E-state index contributed by atoms with van der Waals surface area (Å²) in [6.45, 7) is 4.29. The van der Waals surface area contributed by atoms with Crippen molar-refractivity contribution in [1.29, 1.82) is 0 Å². The molecule has 2 nitrogen and oxygen atoms in total. The summed E-state index contributed by atoms with van der Waals surface area (Å²) in [7, 11) is 1.72. The van der Waals surface area contributed by atoms with Gasteiger partial charge < -0.3 is 9.64 Å². The number of methoxy groups -OCH3 is 1. The molecule has 31 heavy (non-hydrogen) atoms. The lowest BCUT2D eigenvalue weighted by Crippen LogP contribution is -2.23. The van der Waals surface area contributed by atoms with Crippen molar-refractivity contribution in [1.82, 2.24) is 0 Å². The van der Waals surface area contributed by atoms with Crippen LogP contribution in [0.5, 0.6) is 5.75 Å². The smallest absolute Gasteiger partial charge is 0.119 e. The van der Waals surface area contributed by atoms with Crippen molar-refractivity contribution in [3.8, 4) is 16.9 Å². The standard InChI is InChI=1S/C29H37NO/c1-3-4-5-6-7-8-12-23-30(28-19-21-29(31-2)22-20-28)24-25-15-17-27(18-16-25)26-13-10-9-11-14-26/h9-11,13-22H,3-8,12,23-24H2,1-2H3. The molecule has 3 rings (SSSR count). The molecule has 0 saturated heterocycles. The summed E-state index contributed by atoms with van der Waals surface area (Å²) in [5.74, 6) is 0.909. The third-order valence-electron chi connectivity index (χ3n) is 5.90. The maximum absolute atomic E-state index is 5.35. The number of benzene rings is 3. The van der Waals surface area contributed by atoms with Crippen LogP contribution in [0.4, 0.5) is 5.69 Å². The van der Waals surface area contributed by atoms with Crippen LogP contribution in [0.2, 0.25) is 0 Å². The van der Waals surface area contributed by atoms with E-state index >= 15 is 0 Å². The van der Waals surface area contributed by atoms with Gasteiger partial charge in [0.15, 0.2) is 0 Å². The SMILES string of the molecule is CCCCCCCCCN(Cc1ccc(-c2ccccc2)cc1)c1ccc(OC)cc1. The van der Waals surface area contributed by atoms with Crippen LogP contribution in [-0.2, 0) is 6.54 Å². The first-order valence-electron chi connectivity index (χ1n) is 11.8. The lowest BCUT2D eigenvalue weighted by atomic mass is 10.0. The molecule has 164 valence electrons. The quantitative estimate of drug-likeness (QED) is 0.261. The minimum Gasteiger partial charge on any atom is -0.497 e. The largest absolute Gasteiger partial charge is 0.497 e. The van der Waals surface area contributed by atoms with Gasteiger partial charge in [-0.3, -0.25) is 0 Å². The van der Waals surface area contributed by atoms with E-state index in [-0.39, 0.29) is 0 Å². The van der Waals surface area contributed by atoms with Crippen LogP contribution in [-0.4, -0.2) is 13.7 Å². The Kier molecular flexibility index (Phi) is 9.50. The summed E-state index contributed by atoms with van der Waals surface area (Å²) in [5.41, 5.74) is 5.15. The molecule has 2 heteroatoms. The first kappa shape index (κ1) is 22.9. The van der Waals surface area contributed by atoms with E-state index in [4.69, 9.17) is 4.74 Å². The number of nitrogens with zero attached hydrogens (tertiary/aromatic N) is 1. The van der Waals surface area contributed by atoms with Gasteiger partial charge in [-0.15, -0.1) is 0 Å². The minimum absolute atomic E-state index is 0.909. The van der Waals surface area contributed by atoms with Crippen molar-refractivity contribution in [2.45, 2.75) is 58.4 Å². The Bertz CT molecular complexity index is 856. The van der Waals surface area contributed by atoms with Crippen molar-refractivity contribution in [2.24, 2.45) is 0 Å². The molecule has 0 aliphatic heterocycles. The Morgan fingerprint density at radius 1 is 0.645 bits per heavy atom. The average Bonchev–Trinajstić information content (AvgIpc) is 2.84. The van der Waals surface area contributed by atoms with E-state index < -0.39 is 0 Å². The number of hydrogen-bond acceptors (Lipinski definition) is 2. The highest BCUT2D eigenvalue weighted by molar-refractivity contribution is 5.63. The zero-order valence-electron chi connectivity index (χ0n) is 19.2. The number of hydrogen-bond donors (Lipinski definition) is 0. The molecule has 0 aliphatic rings. The lowest BCUT2D eigenvalue weighted by Gasteiger charge is -2.25. The maximum atomic E-state index is 5.35. The number of rotatable bonds is 13. The summed E-state index contributed by atoms with van der Waals surface area (Å²) in [4.78, 5) is 2.50. The van der Waals surface area contributed by atoms with Gasteiger partial charge in [-0.1, -0.05) is 100 Å². The van der Waals surface area contributed by atoms with Crippen LogP contribution in [0, 0.1) is 0 Å². The highest BCUT2D eigenvalue weighted by Gasteiger charge is 2.09. The fraction of sp³-hybridized carbons (Fsp3) is 0.379. The predicted octanol–water partition coefficient (Wildman–Crippen LogP) is 8.12. The Morgan fingerprint density at radius 3 is 1.90 bits per heavy atom. The van der Waals surface area contributed by atoms with E-state index in [1.165, 1.54) is 67.3 Å². The van der Waals surface area contributed by atoms with Crippen molar-refractivity contribution >= 4 is 5.69 Å². The third-order valence-corrected chi connectivity index (χ3v) is 5.90. The van der Waals surface area contributed by atoms with Crippen molar-refractivity contribution < 1.29 is 4.74 Å². The van der Waals surface area contributed by atoms with Crippen LogP contribution in [0.25, 0.3) is 11.1 Å². The minimum atomic E-state index is 0.909. The number of anilines is 1. The molecule has 0 fully saturated rings. The highest BCUT2D eigenvalue weighted by Crippen LogP contribution is 2.24. The Balaban J connectivity index is 1.62. The first-order chi connectivity index (χ1) is 15.3. The zero-order chi connectivity index (χ0) is 21.7. The Labute approximate surface area is 188 Å². The number of ether oxygens (including phenoxy) is 1. The van der Waals surface area contributed by atoms with Gasteiger partial charge >= 0.3 is 0 Å². The molecule has 0 saturated carbocycles. The molecule has 3 aromatic rings. The van der Waals surface area contributed by atoms with Gasteiger partial charge in [0.1, 0.15) is 5.75 Å². The Hall–Kier alpha value is -2.74. The molecule has 3 aromatic carbocycles. The average molecular weight is 416 g/mol. The molecule has 0 unspecified atom stereocenters. The molecule has 0 aliphatic carbocycles. The highest BCUT2D eigenvalue weighted by atomic mass is 16.5. The van der Waals surface area contributed by atoms with Gasteiger partial charge in [-0.2, -0.15) is 0 Å². The first-order valence-corrected chi connectivity index (χ1v) is 11.8. The molecular formula is C29H37NO. The molecule has 0 radical (unpaired) electrons. The summed E-state index contributed by atoms with van der Waals surface area (Å²) in [6, 6.07) is 28.1. The summed E-state index contributed by atoms with van der Waals surface area (Å²) in [6.07, 6.45) is 9.33. The van der Waals surface area contributed by atoms with Gasteiger partial charge in [0.05, 0.1) is 7.11 Å². The normalized spacial score (nSPS) is 10.8. The van der Waals surface area contributed by atoms with Crippen molar-refractivity contribution in [2.75, 3.05) is 18.6 Å². The van der Waals surface area contributed by atoms with E-state index in [0.717, 1.165) is 18.8 Å². The second kappa shape index (κ2) is 12.8. The molecule has 0 amide bonds. The molecule has 0 spiro atoms. The predicted molar refractivity (Wildman–Crippen MR) is 134 cm³/mol. The molecule has 0 aromatic heterocycles. The monoisotopic (exact) mass is 415 g/mol. The fourth-order valence-electron chi connectivity index (χ4n) is 4.01. The maximum Gasteiger partial charge on any atom is 0.119 e. The van der Waals surface area contributed by atoms with Gasteiger partial charge in [-0.25, -0.2) is 0 Å². The van der Waals surface area contributed by atoms with E-state index in [2.05, 4.69) is 90.7 Å². The summed E-state index contributed by atoms with van der Waals surface area (Å²) < 4.78 is 5.35. The third kappa shape index (κ3) is 7.47. The van der Waals surface area contributed by atoms with Gasteiger partial charge in [0.25, 0.3) is 0 Å². The molecule has 0 heterocycles.